The van der Waals surface area contributed by atoms with E-state index in [4.69, 9.17) is 0 Å². The summed E-state index contributed by atoms with van der Waals surface area (Å²) < 4.78 is 0. The number of hydrazone groups is 1. The van der Waals surface area contributed by atoms with Crippen LogP contribution >= 0.6 is 0 Å². The van der Waals surface area contributed by atoms with Crippen molar-refractivity contribution in [2.45, 2.75) is 6.92 Å². The number of nitro benzene ring substituents is 2. The van der Waals surface area contributed by atoms with Crippen LogP contribution in [0.15, 0.2) is 41.5 Å². The molecule has 0 heterocycles. The zero-order valence-electron chi connectivity index (χ0n) is 12.0. The number of benzene rings is 2. The van der Waals surface area contributed by atoms with Crippen LogP contribution in [0.1, 0.15) is 11.1 Å². The molecule has 0 fully saturated rings. The van der Waals surface area contributed by atoms with Crippen LogP contribution in [-0.2, 0) is 0 Å². The van der Waals surface area contributed by atoms with E-state index in [0.717, 1.165) is 17.7 Å². The molecule has 0 saturated heterocycles. The largest absolute Gasteiger partial charge is 0.507 e. The van der Waals surface area contributed by atoms with Crippen LogP contribution in [0.4, 0.5) is 17.1 Å². The lowest BCUT2D eigenvalue weighted by atomic mass is 10.1. The first kappa shape index (κ1) is 15.9. The Bertz CT molecular complexity index is 804. The summed E-state index contributed by atoms with van der Waals surface area (Å²) in [5, 5.41) is 35.1. The van der Waals surface area contributed by atoms with Crippen molar-refractivity contribution in [2.24, 2.45) is 5.10 Å². The third-order valence-corrected chi connectivity index (χ3v) is 2.96. The Kier molecular flexibility index (Phi) is 4.50. The normalized spacial score (nSPS) is 10.7. The molecular formula is C14H12N4O5. The van der Waals surface area contributed by atoms with Crippen molar-refractivity contribution in [3.05, 3.63) is 67.8 Å². The highest BCUT2D eigenvalue weighted by Crippen LogP contribution is 2.29. The molecule has 0 spiro atoms. The van der Waals surface area contributed by atoms with Gasteiger partial charge in [0.05, 0.1) is 22.1 Å². The molecule has 9 heteroatoms. The maximum absolute atomic E-state index is 11.0. The Morgan fingerprint density at radius 2 is 1.87 bits per heavy atom. The monoisotopic (exact) mass is 316 g/mol. The summed E-state index contributed by atoms with van der Waals surface area (Å²) in [5.41, 5.74) is 2.94. The zero-order valence-corrected chi connectivity index (χ0v) is 12.0. The molecule has 2 N–H and O–H groups in total. The molecule has 0 radical (unpaired) electrons. The van der Waals surface area contributed by atoms with Gasteiger partial charge in [-0.3, -0.25) is 25.7 Å². The fraction of sp³-hybridized carbons (Fsp3) is 0.0714. The van der Waals surface area contributed by atoms with Gasteiger partial charge in [-0.2, -0.15) is 5.10 Å². The summed E-state index contributed by atoms with van der Waals surface area (Å²) in [5.74, 6) is 0.0133. The summed E-state index contributed by atoms with van der Waals surface area (Å²) in [6.07, 6.45) is 1.30. The predicted molar refractivity (Wildman–Crippen MR) is 83.8 cm³/mol. The summed E-state index contributed by atoms with van der Waals surface area (Å²) in [6.45, 7) is 1.84. The van der Waals surface area contributed by atoms with Crippen molar-refractivity contribution in [2.75, 3.05) is 5.43 Å². The van der Waals surface area contributed by atoms with Gasteiger partial charge < -0.3 is 5.11 Å². The first-order valence-corrected chi connectivity index (χ1v) is 6.40. The molecule has 118 valence electrons. The van der Waals surface area contributed by atoms with Crippen molar-refractivity contribution in [1.82, 2.24) is 0 Å². The number of phenols is 1. The lowest BCUT2D eigenvalue weighted by Crippen LogP contribution is -1.98. The number of nitrogens with zero attached hydrogens (tertiary/aromatic N) is 3. The van der Waals surface area contributed by atoms with Crippen LogP contribution in [0.5, 0.6) is 5.75 Å². The smallest absolute Gasteiger partial charge is 0.301 e. The highest BCUT2D eigenvalue weighted by atomic mass is 16.6. The number of rotatable bonds is 5. The number of hydrogen-bond acceptors (Lipinski definition) is 7. The third-order valence-electron chi connectivity index (χ3n) is 2.96. The number of nitro groups is 2. The maximum Gasteiger partial charge on any atom is 0.301 e. The van der Waals surface area contributed by atoms with E-state index in [9.17, 15) is 25.3 Å². The lowest BCUT2D eigenvalue weighted by molar-refractivity contribution is -0.393. The Hall–Kier alpha value is -3.49. The Morgan fingerprint density at radius 3 is 2.52 bits per heavy atom. The van der Waals surface area contributed by atoms with Gasteiger partial charge in [0.15, 0.2) is 0 Å². The third kappa shape index (κ3) is 3.79. The molecule has 0 aromatic heterocycles. The van der Waals surface area contributed by atoms with Gasteiger partial charge in [0.2, 0.25) is 0 Å². The van der Waals surface area contributed by atoms with Crippen LogP contribution in [0.3, 0.4) is 0 Å². The zero-order chi connectivity index (χ0) is 17.0. The molecule has 0 bridgehead atoms. The Morgan fingerprint density at radius 1 is 1.13 bits per heavy atom. The van der Waals surface area contributed by atoms with Gasteiger partial charge in [-0.1, -0.05) is 11.6 Å². The predicted octanol–water partition coefficient (Wildman–Crippen LogP) is 2.96. The number of aromatic hydroxyl groups is 1. The second-order valence-corrected chi connectivity index (χ2v) is 4.65. The van der Waals surface area contributed by atoms with E-state index in [1.165, 1.54) is 18.3 Å². The van der Waals surface area contributed by atoms with Gasteiger partial charge in [0, 0.05) is 11.6 Å². The minimum atomic E-state index is -0.741. The second-order valence-electron chi connectivity index (χ2n) is 4.65. The van der Waals surface area contributed by atoms with Crippen LogP contribution in [-0.4, -0.2) is 21.2 Å². The van der Waals surface area contributed by atoms with Crippen molar-refractivity contribution in [1.29, 1.82) is 0 Å². The molecule has 2 rings (SSSR count). The van der Waals surface area contributed by atoms with Crippen molar-refractivity contribution >= 4 is 23.3 Å². The van der Waals surface area contributed by atoms with Crippen molar-refractivity contribution in [3.63, 3.8) is 0 Å². The highest BCUT2D eigenvalue weighted by molar-refractivity contribution is 5.84. The molecule has 0 aliphatic rings. The number of aryl methyl sites for hydroxylation is 1. The number of non-ortho nitro benzene ring substituents is 1. The van der Waals surface area contributed by atoms with E-state index >= 15 is 0 Å². The van der Waals surface area contributed by atoms with Gasteiger partial charge in [-0.25, -0.2) is 0 Å². The summed E-state index contributed by atoms with van der Waals surface area (Å²) >= 11 is 0. The summed E-state index contributed by atoms with van der Waals surface area (Å²) in [6, 6.07) is 8.09. The number of anilines is 1. The van der Waals surface area contributed by atoms with Gasteiger partial charge in [0.1, 0.15) is 11.4 Å². The average Bonchev–Trinajstić information content (AvgIpc) is 2.50. The molecular weight excluding hydrogens is 304 g/mol. The number of nitrogens with one attached hydrogen (secondary N) is 1. The Balaban J connectivity index is 2.26. The first-order valence-electron chi connectivity index (χ1n) is 6.40. The fourth-order valence-electron chi connectivity index (χ4n) is 1.83. The standard InChI is InChI=1S/C14H12N4O5/c1-9-2-5-14(19)10(6-9)8-15-16-12-4-3-11(17(20)21)7-13(12)18(22)23/h2-8,16,19H,1H3. The van der Waals surface area contributed by atoms with Crippen molar-refractivity contribution < 1.29 is 15.0 Å². The SMILES string of the molecule is Cc1ccc(O)c(C=NNc2ccc([N+](=O)[O-])cc2[N+](=O)[O-])c1. The second kappa shape index (κ2) is 6.52. The lowest BCUT2D eigenvalue weighted by Gasteiger charge is -2.03. The van der Waals surface area contributed by atoms with Crippen LogP contribution in [0.25, 0.3) is 0 Å². The van der Waals surface area contributed by atoms with Crippen LogP contribution in [0, 0.1) is 27.2 Å². The van der Waals surface area contributed by atoms with Gasteiger partial charge in [0.25, 0.3) is 5.69 Å². The maximum atomic E-state index is 11.0. The number of phenolic OH excluding ortho intramolecular Hbond substituents is 1. The average molecular weight is 316 g/mol. The highest BCUT2D eigenvalue weighted by Gasteiger charge is 2.19. The molecule has 0 amide bonds. The Labute approximate surface area is 130 Å². The topological polar surface area (TPSA) is 131 Å². The van der Waals surface area contributed by atoms with E-state index in [0.29, 0.717) is 5.56 Å². The molecule has 0 atom stereocenters. The summed E-state index contributed by atoms with van der Waals surface area (Å²) in [4.78, 5) is 20.2. The van der Waals surface area contributed by atoms with Crippen LogP contribution in [0.2, 0.25) is 0 Å². The van der Waals surface area contributed by atoms with E-state index in [-0.39, 0.29) is 17.1 Å². The minimum absolute atomic E-state index is 0.00370. The van der Waals surface area contributed by atoms with E-state index in [1.807, 2.05) is 6.92 Å². The first-order chi connectivity index (χ1) is 10.9. The number of hydrogen-bond donors (Lipinski definition) is 2. The fourth-order valence-corrected chi connectivity index (χ4v) is 1.83. The molecule has 9 nitrogen and oxygen atoms in total. The van der Waals surface area contributed by atoms with E-state index < -0.39 is 15.5 Å². The molecule has 0 aliphatic heterocycles. The molecule has 0 unspecified atom stereocenters. The summed E-state index contributed by atoms with van der Waals surface area (Å²) in [7, 11) is 0. The minimum Gasteiger partial charge on any atom is -0.507 e. The van der Waals surface area contributed by atoms with Gasteiger partial charge in [-0.15, -0.1) is 0 Å². The van der Waals surface area contributed by atoms with Gasteiger partial charge in [-0.05, 0) is 25.1 Å². The van der Waals surface area contributed by atoms with E-state index in [1.54, 1.807) is 12.1 Å². The van der Waals surface area contributed by atoms with Crippen molar-refractivity contribution in [3.8, 4) is 5.75 Å². The molecule has 0 aliphatic carbocycles. The molecule has 23 heavy (non-hydrogen) atoms. The van der Waals surface area contributed by atoms with Gasteiger partial charge >= 0.3 is 5.69 Å². The molecule has 2 aromatic carbocycles. The quantitative estimate of drug-likeness (QED) is 0.495. The molecule has 0 saturated carbocycles. The molecule has 2 aromatic rings. The van der Waals surface area contributed by atoms with Crippen LogP contribution < -0.4 is 5.43 Å². The van der Waals surface area contributed by atoms with E-state index in [2.05, 4.69) is 10.5 Å².